The van der Waals surface area contributed by atoms with Crippen LogP contribution in [-0.2, 0) is 16.2 Å². The largest absolute Gasteiger partial charge is 0.489 e. The highest BCUT2D eigenvalue weighted by Crippen LogP contribution is 2.65. The predicted octanol–water partition coefficient (Wildman–Crippen LogP) is 4.31. The molecule has 0 spiro atoms. The predicted molar refractivity (Wildman–Crippen MR) is 116 cm³/mol. The van der Waals surface area contributed by atoms with E-state index in [0.29, 0.717) is 23.5 Å². The maximum Gasteiger partial charge on any atom is 0.254 e. The summed E-state index contributed by atoms with van der Waals surface area (Å²) >= 11 is 5.90. The quantitative estimate of drug-likeness (QED) is 0.402. The van der Waals surface area contributed by atoms with Crippen molar-refractivity contribution in [1.82, 2.24) is 5.01 Å². The summed E-state index contributed by atoms with van der Waals surface area (Å²) in [7, 11) is 0. The normalized spacial score (nSPS) is 32.5. The number of hydrogen-bond donors (Lipinski definition) is 0. The highest BCUT2D eigenvalue weighted by Gasteiger charge is 2.67. The molecule has 156 valence electrons. The van der Waals surface area contributed by atoms with Crippen molar-refractivity contribution in [3.63, 3.8) is 0 Å². The summed E-state index contributed by atoms with van der Waals surface area (Å²) in [6, 6.07) is 14.9. The number of hydrazone groups is 1. The van der Waals surface area contributed by atoms with Crippen LogP contribution in [0.3, 0.4) is 0 Å². The van der Waals surface area contributed by atoms with Gasteiger partial charge in [-0.05, 0) is 77.6 Å². The zero-order valence-electron chi connectivity index (χ0n) is 16.7. The highest BCUT2D eigenvalue weighted by atomic mass is 35.5. The maximum absolute atomic E-state index is 12.9. The van der Waals surface area contributed by atoms with Gasteiger partial charge in [-0.1, -0.05) is 35.9 Å². The molecule has 5 aliphatic rings. The van der Waals surface area contributed by atoms with Gasteiger partial charge in [0.1, 0.15) is 12.4 Å². The third-order valence-electron chi connectivity index (χ3n) is 7.16. The first-order valence-corrected chi connectivity index (χ1v) is 11.1. The molecule has 0 radical (unpaired) electrons. The van der Waals surface area contributed by atoms with E-state index in [1.165, 1.54) is 0 Å². The summed E-state index contributed by atoms with van der Waals surface area (Å²) in [6.07, 6.45) is 7.07. The molecule has 0 aromatic heterocycles. The van der Waals surface area contributed by atoms with Gasteiger partial charge in [0, 0.05) is 5.02 Å². The minimum absolute atomic E-state index is 0.140. The van der Waals surface area contributed by atoms with E-state index in [1.54, 1.807) is 6.21 Å². The van der Waals surface area contributed by atoms with Crippen molar-refractivity contribution in [1.29, 1.82) is 0 Å². The van der Waals surface area contributed by atoms with E-state index < -0.39 is 0 Å². The van der Waals surface area contributed by atoms with Crippen LogP contribution in [0.2, 0.25) is 5.02 Å². The van der Waals surface area contributed by atoms with Gasteiger partial charge in [-0.2, -0.15) is 10.1 Å². The van der Waals surface area contributed by atoms with Gasteiger partial charge in [-0.25, -0.2) is 0 Å². The Balaban J connectivity index is 1.12. The molecule has 1 aliphatic heterocycles. The molecule has 7 rings (SSSR count). The third kappa shape index (κ3) is 3.10. The van der Waals surface area contributed by atoms with Gasteiger partial charge >= 0.3 is 0 Å². The standard InChI is InChI=1S/C25H21ClN2O3/c26-16-5-1-15(2-6-16)13-31-17-7-3-14(4-8-17)12-27-28-24(29)22-18-9-10-19(21-11-20(18)21)23(22)25(28)30/h1-10,12,18-23H,11,13H2. The molecule has 31 heavy (non-hydrogen) atoms. The van der Waals surface area contributed by atoms with E-state index >= 15 is 0 Å². The van der Waals surface area contributed by atoms with Crippen LogP contribution < -0.4 is 4.74 Å². The number of hydrogen-bond acceptors (Lipinski definition) is 4. The Morgan fingerprint density at radius 3 is 2.16 bits per heavy atom. The van der Waals surface area contributed by atoms with Crippen LogP contribution in [0.5, 0.6) is 5.75 Å². The first-order chi connectivity index (χ1) is 15.1. The molecular weight excluding hydrogens is 412 g/mol. The zero-order valence-corrected chi connectivity index (χ0v) is 17.5. The van der Waals surface area contributed by atoms with Gasteiger partial charge in [-0.3, -0.25) is 9.59 Å². The molecule has 2 bridgehead atoms. The topological polar surface area (TPSA) is 59.0 Å². The molecule has 6 unspecified atom stereocenters. The lowest BCUT2D eigenvalue weighted by Crippen LogP contribution is -2.40. The van der Waals surface area contributed by atoms with Crippen molar-refractivity contribution in [3.8, 4) is 5.75 Å². The Labute approximate surface area is 185 Å². The van der Waals surface area contributed by atoms with Crippen molar-refractivity contribution < 1.29 is 14.3 Å². The molecular formula is C25H21ClN2O3. The van der Waals surface area contributed by atoms with Crippen LogP contribution in [-0.4, -0.2) is 23.0 Å². The van der Waals surface area contributed by atoms with Crippen LogP contribution in [0.25, 0.3) is 0 Å². The number of rotatable bonds is 5. The summed E-state index contributed by atoms with van der Waals surface area (Å²) in [4.78, 5) is 25.9. The lowest BCUT2D eigenvalue weighted by Gasteiger charge is -2.37. The van der Waals surface area contributed by atoms with Crippen molar-refractivity contribution in [2.24, 2.45) is 40.6 Å². The van der Waals surface area contributed by atoms with Gasteiger partial charge < -0.3 is 4.74 Å². The molecule has 6 heteroatoms. The van der Waals surface area contributed by atoms with Gasteiger partial charge in [0.05, 0.1) is 18.1 Å². The Kier molecular flexibility index (Phi) is 4.29. The first-order valence-electron chi connectivity index (χ1n) is 10.7. The number of allylic oxidation sites excluding steroid dienone is 2. The average Bonchev–Trinajstić information content (AvgIpc) is 3.57. The maximum atomic E-state index is 12.9. The number of halogens is 1. The van der Waals surface area contributed by atoms with Gasteiger partial charge in [0.2, 0.25) is 0 Å². The summed E-state index contributed by atoms with van der Waals surface area (Å²) in [5.74, 6) is 1.64. The van der Waals surface area contributed by atoms with Crippen LogP contribution in [0.1, 0.15) is 17.5 Å². The minimum Gasteiger partial charge on any atom is -0.489 e. The number of imide groups is 1. The van der Waals surface area contributed by atoms with Crippen LogP contribution >= 0.6 is 11.6 Å². The molecule has 4 aliphatic carbocycles. The molecule has 1 heterocycles. The van der Waals surface area contributed by atoms with Crippen molar-refractivity contribution >= 4 is 29.6 Å². The number of amides is 2. The molecule has 2 aromatic rings. The van der Waals surface area contributed by atoms with E-state index in [-0.39, 0.29) is 35.5 Å². The second-order valence-corrected chi connectivity index (χ2v) is 9.31. The molecule has 3 fully saturated rings. The molecule has 1 saturated heterocycles. The van der Waals surface area contributed by atoms with Crippen LogP contribution in [0, 0.1) is 35.5 Å². The van der Waals surface area contributed by atoms with Crippen LogP contribution in [0.4, 0.5) is 0 Å². The van der Waals surface area contributed by atoms with E-state index in [0.717, 1.165) is 28.3 Å². The van der Waals surface area contributed by atoms with E-state index in [1.807, 2.05) is 48.5 Å². The van der Waals surface area contributed by atoms with Gasteiger partial charge in [-0.15, -0.1) is 0 Å². The van der Waals surface area contributed by atoms with E-state index in [4.69, 9.17) is 16.3 Å². The number of ether oxygens (including phenoxy) is 1. The fourth-order valence-corrected chi connectivity index (χ4v) is 5.70. The van der Waals surface area contributed by atoms with E-state index in [9.17, 15) is 9.59 Å². The van der Waals surface area contributed by atoms with Crippen LogP contribution in [0.15, 0.2) is 65.8 Å². The Morgan fingerprint density at radius 2 is 1.55 bits per heavy atom. The molecule has 6 atom stereocenters. The molecule has 2 aromatic carbocycles. The molecule has 2 saturated carbocycles. The fourth-order valence-electron chi connectivity index (χ4n) is 5.58. The Hall–Kier alpha value is -2.92. The van der Waals surface area contributed by atoms with Crippen molar-refractivity contribution in [2.45, 2.75) is 13.0 Å². The fraction of sp³-hybridized carbons (Fsp3) is 0.320. The summed E-state index contributed by atoms with van der Waals surface area (Å²) in [6.45, 7) is 0.447. The third-order valence-corrected chi connectivity index (χ3v) is 7.41. The minimum atomic E-state index is -0.216. The Morgan fingerprint density at radius 1 is 0.935 bits per heavy atom. The second kappa shape index (κ2) is 7.06. The zero-order chi connectivity index (χ0) is 21.1. The summed E-state index contributed by atoms with van der Waals surface area (Å²) in [5.41, 5.74) is 1.84. The SMILES string of the molecule is O=C1C2C3C=CC(C4CC34)C2C(=O)N1N=Cc1ccc(OCc2ccc(Cl)cc2)cc1. The molecule has 5 nitrogen and oxygen atoms in total. The lowest BCUT2D eigenvalue weighted by molar-refractivity contribution is -0.140. The van der Waals surface area contributed by atoms with Gasteiger partial charge in [0.15, 0.2) is 0 Å². The average molecular weight is 433 g/mol. The monoisotopic (exact) mass is 432 g/mol. The smallest absolute Gasteiger partial charge is 0.254 e. The highest BCUT2D eigenvalue weighted by molar-refractivity contribution is 6.30. The number of carbonyl (C=O) groups is 2. The number of benzene rings is 2. The van der Waals surface area contributed by atoms with E-state index in [2.05, 4.69) is 17.3 Å². The number of carbonyl (C=O) groups excluding carboxylic acids is 2. The molecule has 2 amide bonds. The second-order valence-electron chi connectivity index (χ2n) is 8.87. The first kappa shape index (κ1) is 18.8. The van der Waals surface area contributed by atoms with Crippen molar-refractivity contribution in [3.05, 3.63) is 76.8 Å². The lowest BCUT2D eigenvalue weighted by atomic mass is 9.63. The molecule has 0 N–H and O–H groups in total. The number of nitrogens with zero attached hydrogens (tertiary/aromatic N) is 2. The van der Waals surface area contributed by atoms with Crippen molar-refractivity contribution in [2.75, 3.05) is 0 Å². The summed E-state index contributed by atoms with van der Waals surface area (Å²) < 4.78 is 5.79. The summed E-state index contributed by atoms with van der Waals surface area (Å²) in [5, 5.41) is 6.08. The van der Waals surface area contributed by atoms with Gasteiger partial charge in [0.25, 0.3) is 11.8 Å². The Bertz CT molecular complexity index is 1070.